The lowest BCUT2D eigenvalue weighted by atomic mass is 10.2. The van der Waals surface area contributed by atoms with Crippen molar-refractivity contribution in [1.82, 2.24) is 10.6 Å². The zero-order valence-electron chi connectivity index (χ0n) is 11.4. The van der Waals surface area contributed by atoms with Crippen molar-refractivity contribution in [2.75, 3.05) is 13.2 Å². The molecule has 0 fully saturated rings. The zero-order valence-corrected chi connectivity index (χ0v) is 11.4. The van der Waals surface area contributed by atoms with E-state index in [1.54, 1.807) is 0 Å². The molecule has 21 heavy (non-hydrogen) atoms. The maximum atomic E-state index is 11.8. The Morgan fingerprint density at radius 2 is 2.05 bits per heavy atom. The monoisotopic (exact) mass is 291 g/mol. The minimum Gasteiger partial charge on any atom is -0.465 e. The smallest absolute Gasteiger partial charge is 0.405 e. The van der Waals surface area contributed by atoms with Gasteiger partial charge in [-0.15, -0.1) is 0 Å². The molecule has 1 aromatic rings. The van der Waals surface area contributed by atoms with Crippen LogP contribution in [0.1, 0.15) is 12.0 Å². The van der Waals surface area contributed by atoms with Crippen molar-refractivity contribution >= 4 is 12.0 Å². The van der Waals surface area contributed by atoms with E-state index in [1.807, 2.05) is 36.4 Å². The van der Waals surface area contributed by atoms with Crippen LogP contribution in [0.2, 0.25) is 0 Å². The van der Waals surface area contributed by atoms with Gasteiger partial charge in [0.05, 0.1) is 25.7 Å². The van der Waals surface area contributed by atoms with Gasteiger partial charge in [0, 0.05) is 6.54 Å². The summed E-state index contributed by atoms with van der Waals surface area (Å²) in [6, 6.07) is 10.2. The summed E-state index contributed by atoms with van der Waals surface area (Å²) in [6.07, 6.45) is -1.14. The highest BCUT2D eigenvalue weighted by molar-refractivity contribution is 5.85. The second-order valence-corrected chi connectivity index (χ2v) is 4.20. The van der Waals surface area contributed by atoms with E-state index in [-0.39, 0.29) is 26.2 Å². The maximum Gasteiger partial charge on any atom is 0.405 e. The van der Waals surface area contributed by atoms with Gasteiger partial charge in [0.15, 0.2) is 0 Å². The Morgan fingerprint density at radius 1 is 1.33 bits per heavy atom. The second kappa shape index (κ2) is 9.34. The second-order valence-electron chi connectivity index (χ2n) is 4.20. The van der Waals surface area contributed by atoms with Crippen molar-refractivity contribution in [3.05, 3.63) is 35.9 Å². The molecule has 0 radical (unpaired) electrons. The minimum absolute atomic E-state index is 0.0837. The van der Waals surface area contributed by atoms with Gasteiger partial charge < -0.3 is 20.5 Å². The number of benzene rings is 1. The van der Waals surface area contributed by atoms with E-state index in [0.717, 1.165) is 5.56 Å². The highest BCUT2D eigenvalue weighted by atomic mass is 16.5. The molecule has 2 amide bonds. The third-order valence-electron chi connectivity index (χ3n) is 2.55. The molecule has 3 N–H and O–H groups in total. The molecule has 7 heteroatoms. The van der Waals surface area contributed by atoms with Crippen molar-refractivity contribution < 1.29 is 19.4 Å². The standard InChI is InChI=1S/C14H17N3O4/c15-7-4-8-16-13(18)12(17-14(19)20)10-21-9-11-5-2-1-3-6-11/h1-3,5-6,12,17H,4,8-10H2,(H,16,18)(H,19,20)/t12-/m0/s1. The van der Waals surface area contributed by atoms with Crippen LogP contribution in [0.4, 0.5) is 4.79 Å². The van der Waals surface area contributed by atoms with E-state index < -0.39 is 18.0 Å². The average molecular weight is 291 g/mol. The van der Waals surface area contributed by atoms with Crippen LogP contribution in [-0.2, 0) is 16.1 Å². The van der Waals surface area contributed by atoms with Crippen LogP contribution in [0.15, 0.2) is 30.3 Å². The largest absolute Gasteiger partial charge is 0.465 e. The van der Waals surface area contributed by atoms with Gasteiger partial charge in [0.2, 0.25) is 5.91 Å². The number of carboxylic acid groups (broad SMARTS) is 1. The number of amides is 2. The molecule has 1 atom stereocenters. The fourth-order valence-electron chi connectivity index (χ4n) is 1.57. The summed E-state index contributed by atoms with van der Waals surface area (Å²) in [5.41, 5.74) is 0.927. The number of ether oxygens (including phenoxy) is 1. The van der Waals surface area contributed by atoms with Gasteiger partial charge >= 0.3 is 6.09 Å². The molecular formula is C14H17N3O4. The Balaban J connectivity index is 2.44. The average Bonchev–Trinajstić information content (AvgIpc) is 2.47. The lowest BCUT2D eigenvalue weighted by Crippen LogP contribution is -2.49. The summed E-state index contributed by atoms with van der Waals surface area (Å²) in [7, 11) is 0. The van der Waals surface area contributed by atoms with Crippen molar-refractivity contribution in [1.29, 1.82) is 5.26 Å². The number of nitrogens with zero attached hydrogens (tertiary/aromatic N) is 1. The molecule has 7 nitrogen and oxygen atoms in total. The molecule has 0 saturated carbocycles. The molecule has 0 aliphatic heterocycles. The van der Waals surface area contributed by atoms with Gasteiger partial charge in [-0.25, -0.2) is 4.79 Å². The van der Waals surface area contributed by atoms with Gasteiger partial charge in [0.1, 0.15) is 6.04 Å². The fourth-order valence-corrected chi connectivity index (χ4v) is 1.57. The van der Waals surface area contributed by atoms with Crippen molar-refractivity contribution in [2.45, 2.75) is 19.1 Å². The quantitative estimate of drug-likeness (QED) is 0.615. The van der Waals surface area contributed by atoms with E-state index in [0.29, 0.717) is 0 Å². The fraction of sp³-hybridized carbons (Fsp3) is 0.357. The Bertz CT molecular complexity index is 499. The van der Waals surface area contributed by atoms with E-state index >= 15 is 0 Å². The number of nitrogens with one attached hydrogen (secondary N) is 2. The van der Waals surface area contributed by atoms with E-state index in [4.69, 9.17) is 15.1 Å². The summed E-state index contributed by atoms with van der Waals surface area (Å²) >= 11 is 0. The molecule has 1 rings (SSSR count). The molecule has 0 bridgehead atoms. The number of rotatable bonds is 8. The highest BCUT2D eigenvalue weighted by Crippen LogP contribution is 2.01. The van der Waals surface area contributed by atoms with Crippen molar-refractivity contribution in [3.8, 4) is 6.07 Å². The number of carbonyl (C=O) groups is 2. The molecule has 0 aliphatic carbocycles. The summed E-state index contributed by atoms with van der Waals surface area (Å²) < 4.78 is 5.36. The van der Waals surface area contributed by atoms with Crippen LogP contribution in [0.5, 0.6) is 0 Å². The third kappa shape index (κ3) is 6.94. The van der Waals surface area contributed by atoms with Gasteiger partial charge in [-0.3, -0.25) is 4.79 Å². The number of hydrogen-bond acceptors (Lipinski definition) is 4. The first-order chi connectivity index (χ1) is 10.1. The van der Waals surface area contributed by atoms with Gasteiger partial charge in [-0.2, -0.15) is 5.26 Å². The number of hydrogen-bond donors (Lipinski definition) is 3. The number of nitriles is 1. The molecule has 0 saturated heterocycles. The molecular weight excluding hydrogens is 274 g/mol. The molecule has 0 spiro atoms. The summed E-state index contributed by atoms with van der Waals surface area (Å²) in [5, 5.41) is 21.7. The van der Waals surface area contributed by atoms with E-state index in [1.165, 1.54) is 0 Å². The highest BCUT2D eigenvalue weighted by Gasteiger charge is 2.20. The van der Waals surface area contributed by atoms with Crippen LogP contribution in [0, 0.1) is 11.3 Å². The molecule has 0 heterocycles. The van der Waals surface area contributed by atoms with E-state index in [9.17, 15) is 9.59 Å². The number of carbonyl (C=O) groups excluding carboxylic acids is 1. The normalized spacial score (nSPS) is 11.2. The van der Waals surface area contributed by atoms with Crippen LogP contribution in [0.3, 0.4) is 0 Å². The summed E-state index contributed by atoms with van der Waals surface area (Å²) in [4.78, 5) is 22.4. The first kappa shape index (κ1) is 16.5. The van der Waals surface area contributed by atoms with Gasteiger partial charge in [-0.05, 0) is 5.56 Å². The summed E-state index contributed by atoms with van der Waals surface area (Å²) in [6.45, 7) is 0.371. The lowest BCUT2D eigenvalue weighted by molar-refractivity contribution is -0.124. The molecule has 0 unspecified atom stereocenters. The SMILES string of the molecule is N#CCCNC(=O)[C@H](COCc1ccccc1)NC(=O)O. The van der Waals surface area contributed by atoms with E-state index in [2.05, 4.69) is 10.6 Å². The Morgan fingerprint density at radius 3 is 2.67 bits per heavy atom. The lowest BCUT2D eigenvalue weighted by Gasteiger charge is -2.16. The van der Waals surface area contributed by atoms with Crippen LogP contribution in [-0.4, -0.2) is 36.3 Å². The minimum atomic E-state index is -1.31. The topological polar surface area (TPSA) is 111 Å². The van der Waals surface area contributed by atoms with Crippen molar-refractivity contribution in [2.24, 2.45) is 0 Å². The Kier molecular flexibility index (Phi) is 7.32. The molecule has 1 aromatic carbocycles. The maximum absolute atomic E-state index is 11.8. The Labute approximate surface area is 122 Å². The molecule has 0 aromatic heterocycles. The van der Waals surface area contributed by atoms with Crippen LogP contribution >= 0.6 is 0 Å². The molecule has 112 valence electrons. The third-order valence-corrected chi connectivity index (χ3v) is 2.55. The first-order valence-corrected chi connectivity index (χ1v) is 6.39. The van der Waals surface area contributed by atoms with Crippen molar-refractivity contribution in [3.63, 3.8) is 0 Å². The van der Waals surface area contributed by atoms with Gasteiger partial charge in [0.25, 0.3) is 0 Å². The Hall–Kier alpha value is -2.59. The van der Waals surface area contributed by atoms with Gasteiger partial charge in [-0.1, -0.05) is 30.3 Å². The summed E-state index contributed by atoms with van der Waals surface area (Å²) in [5.74, 6) is -0.513. The predicted octanol–water partition coefficient (Wildman–Crippen LogP) is 0.869. The van der Waals surface area contributed by atoms with Crippen LogP contribution < -0.4 is 10.6 Å². The van der Waals surface area contributed by atoms with Crippen LogP contribution in [0.25, 0.3) is 0 Å². The molecule has 0 aliphatic rings. The first-order valence-electron chi connectivity index (χ1n) is 6.39. The predicted molar refractivity (Wildman–Crippen MR) is 74.3 cm³/mol. The zero-order chi connectivity index (χ0) is 15.5.